The van der Waals surface area contributed by atoms with Gasteiger partial charge in [0.05, 0.1) is 18.4 Å². The van der Waals surface area contributed by atoms with Crippen LogP contribution in [-0.4, -0.2) is 34.6 Å². The minimum Gasteiger partial charge on any atom is -0.476 e. The van der Waals surface area contributed by atoms with Crippen molar-refractivity contribution >= 4 is 5.82 Å². The molecule has 6 nitrogen and oxygen atoms in total. The van der Waals surface area contributed by atoms with E-state index in [1.807, 2.05) is 6.07 Å². The monoisotopic (exact) mass is 295 g/mol. The molecule has 0 N–H and O–H groups in total. The molecule has 0 amide bonds. The lowest BCUT2D eigenvalue weighted by Crippen LogP contribution is -2.38. The van der Waals surface area contributed by atoms with E-state index in [0.29, 0.717) is 24.0 Å². The molecule has 1 fully saturated rings. The molecule has 112 valence electrons. The van der Waals surface area contributed by atoms with Crippen molar-refractivity contribution in [3.05, 3.63) is 42.5 Å². The van der Waals surface area contributed by atoms with Crippen molar-refractivity contribution in [3.63, 3.8) is 0 Å². The number of hydrogen-bond acceptors (Lipinski definition) is 6. The summed E-state index contributed by atoms with van der Waals surface area (Å²) in [6.07, 6.45) is 8.76. The SMILES string of the molecule is N#Cc1cccnc1N1CCCC(COc2cnccn2)C1. The van der Waals surface area contributed by atoms with Crippen molar-refractivity contribution < 1.29 is 4.74 Å². The fourth-order valence-corrected chi connectivity index (χ4v) is 2.69. The average Bonchev–Trinajstić information content (AvgIpc) is 2.61. The normalized spacial score (nSPS) is 17.8. The zero-order chi connectivity index (χ0) is 15.2. The Morgan fingerprint density at radius 2 is 2.27 bits per heavy atom. The maximum Gasteiger partial charge on any atom is 0.232 e. The molecule has 1 aliphatic heterocycles. The van der Waals surface area contributed by atoms with Gasteiger partial charge in [-0.15, -0.1) is 0 Å². The number of pyridine rings is 1. The molecule has 6 heteroatoms. The second kappa shape index (κ2) is 6.85. The predicted molar refractivity (Wildman–Crippen MR) is 81.4 cm³/mol. The van der Waals surface area contributed by atoms with E-state index in [1.54, 1.807) is 30.9 Å². The number of aromatic nitrogens is 3. The Morgan fingerprint density at radius 3 is 3.09 bits per heavy atom. The van der Waals surface area contributed by atoms with Gasteiger partial charge in [-0.1, -0.05) is 0 Å². The highest BCUT2D eigenvalue weighted by Crippen LogP contribution is 2.24. The summed E-state index contributed by atoms with van der Waals surface area (Å²) in [6, 6.07) is 5.81. The molecule has 0 saturated carbocycles. The van der Waals surface area contributed by atoms with E-state index in [9.17, 15) is 5.26 Å². The van der Waals surface area contributed by atoms with Crippen molar-refractivity contribution in [3.8, 4) is 11.9 Å². The van der Waals surface area contributed by atoms with Gasteiger partial charge in [0.15, 0.2) is 0 Å². The highest BCUT2D eigenvalue weighted by Gasteiger charge is 2.23. The van der Waals surface area contributed by atoms with Gasteiger partial charge in [0.2, 0.25) is 5.88 Å². The summed E-state index contributed by atoms with van der Waals surface area (Å²) in [5, 5.41) is 9.21. The molecular formula is C16H17N5O. The summed E-state index contributed by atoms with van der Waals surface area (Å²) < 4.78 is 5.70. The summed E-state index contributed by atoms with van der Waals surface area (Å²) in [4.78, 5) is 14.6. The molecule has 1 saturated heterocycles. The third-order valence-corrected chi connectivity index (χ3v) is 3.73. The first-order valence-electron chi connectivity index (χ1n) is 7.35. The number of rotatable bonds is 4. The predicted octanol–water partition coefficient (Wildman–Crippen LogP) is 2.04. The van der Waals surface area contributed by atoms with Crippen molar-refractivity contribution in [1.29, 1.82) is 5.26 Å². The van der Waals surface area contributed by atoms with Crippen molar-refractivity contribution in [2.24, 2.45) is 5.92 Å². The van der Waals surface area contributed by atoms with Crippen LogP contribution >= 0.6 is 0 Å². The smallest absolute Gasteiger partial charge is 0.232 e. The molecule has 0 aromatic carbocycles. The van der Waals surface area contributed by atoms with Crippen LogP contribution in [0.1, 0.15) is 18.4 Å². The molecule has 0 aliphatic carbocycles. The Hall–Kier alpha value is -2.68. The van der Waals surface area contributed by atoms with E-state index in [0.717, 1.165) is 31.7 Å². The number of nitrogens with zero attached hydrogens (tertiary/aromatic N) is 5. The molecule has 0 bridgehead atoms. The second-order valence-corrected chi connectivity index (χ2v) is 5.30. The Morgan fingerprint density at radius 1 is 1.32 bits per heavy atom. The van der Waals surface area contributed by atoms with Crippen LogP contribution in [0, 0.1) is 17.2 Å². The van der Waals surface area contributed by atoms with Crippen LogP contribution in [0.5, 0.6) is 5.88 Å². The summed E-state index contributed by atoms with van der Waals surface area (Å²) in [5.41, 5.74) is 0.623. The third-order valence-electron chi connectivity index (χ3n) is 3.73. The lowest BCUT2D eigenvalue weighted by Gasteiger charge is -2.33. The maximum atomic E-state index is 9.21. The van der Waals surface area contributed by atoms with Crippen LogP contribution in [0.4, 0.5) is 5.82 Å². The molecule has 3 heterocycles. The average molecular weight is 295 g/mol. The van der Waals surface area contributed by atoms with Crippen LogP contribution in [0.3, 0.4) is 0 Å². The largest absolute Gasteiger partial charge is 0.476 e. The minimum atomic E-state index is 0.393. The Balaban J connectivity index is 1.63. The van der Waals surface area contributed by atoms with Gasteiger partial charge < -0.3 is 9.64 Å². The first kappa shape index (κ1) is 14.3. The highest BCUT2D eigenvalue weighted by molar-refractivity contribution is 5.53. The van der Waals surface area contributed by atoms with Gasteiger partial charge in [-0.25, -0.2) is 9.97 Å². The molecule has 1 atom stereocenters. The van der Waals surface area contributed by atoms with Gasteiger partial charge in [-0.2, -0.15) is 5.26 Å². The Labute approximate surface area is 129 Å². The maximum absolute atomic E-state index is 9.21. The Kier molecular flexibility index (Phi) is 4.44. The van der Waals surface area contributed by atoms with Crippen LogP contribution in [-0.2, 0) is 0 Å². The Bertz CT molecular complexity index is 655. The minimum absolute atomic E-state index is 0.393. The molecule has 2 aromatic rings. The van der Waals surface area contributed by atoms with Gasteiger partial charge >= 0.3 is 0 Å². The van der Waals surface area contributed by atoms with Crippen LogP contribution < -0.4 is 9.64 Å². The van der Waals surface area contributed by atoms with E-state index in [2.05, 4.69) is 25.9 Å². The summed E-state index contributed by atoms with van der Waals surface area (Å²) in [7, 11) is 0. The lowest BCUT2D eigenvalue weighted by atomic mass is 9.98. The van der Waals surface area contributed by atoms with Gasteiger partial charge in [0.1, 0.15) is 11.9 Å². The quantitative estimate of drug-likeness (QED) is 0.859. The van der Waals surface area contributed by atoms with Crippen molar-refractivity contribution in [2.75, 3.05) is 24.6 Å². The van der Waals surface area contributed by atoms with Crippen LogP contribution in [0.15, 0.2) is 36.9 Å². The van der Waals surface area contributed by atoms with Gasteiger partial charge in [-0.3, -0.25) is 4.98 Å². The highest BCUT2D eigenvalue weighted by atomic mass is 16.5. The van der Waals surface area contributed by atoms with Gasteiger partial charge in [-0.05, 0) is 25.0 Å². The molecule has 0 radical (unpaired) electrons. The van der Waals surface area contributed by atoms with Crippen LogP contribution in [0.2, 0.25) is 0 Å². The molecule has 2 aromatic heterocycles. The lowest BCUT2D eigenvalue weighted by molar-refractivity contribution is 0.221. The van der Waals surface area contributed by atoms with Crippen LogP contribution in [0.25, 0.3) is 0 Å². The molecule has 1 unspecified atom stereocenters. The molecular weight excluding hydrogens is 278 g/mol. The van der Waals surface area contributed by atoms with Crippen molar-refractivity contribution in [1.82, 2.24) is 15.0 Å². The van der Waals surface area contributed by atoms with Crippen molar-refractivity contribution in [2.45, 2.75) is 12.8 Å². The first-order chi connectivity index (χ1) is 10.9. The zero-order valence-electron chi connectivity index (χ0n) is 12.2. The number of hydrogen-bond donors (Lipinski definition) is 0. The number of ether oxygens (including phenoxy) is 1. The number of nitriles is 1. The molecule has 0 spiro atoms. The van der Waals surface area contributed by atoms with E-state index in [-0.39, 0.29) is 0 Å². The fraction of sp³-hybridized carbons (Fsp3) is 0.375. The summed E-state index contributed by atoms with van der Waals surface area (Å²) >= 11 is 0. The second-order valence-electron chi connectivity index (χ2n) is 5.30. The topological polar surface area (TPSA) is 74.9 Å². The summed E-state index contributed by atoms with van der Waals surface area (Å²) in [6.45, 7) is 2.36. The zero-order valence-corrected chi connectivity index (χ0v) is 12.2. The van der Waals surface area contributed by atoms with Gasteiger partial charge in [0, 0.05) is 37.6 Å². The number of piperidine rings is 1. The van der Waals surface area contributed by atoms with E-state index >= 15 is 0 Å². The fourth-order valence-electron chi connectivity index (χ4n) is 2.69. The van der Waals surface area contributed by atoms with E-state index in [4.69, 9.17) is 4.74 Å². The van der Waals surface area contributed by atoms with E-state index in [1.165, 1.54) is 0 Å². The first-order valence-corrected chi connectivity index (χ1v) is 7.35. The third kappa shape index (κ3) is 3.31. The molecule has 22 heavy (non-hydrogen) atoms. The summed E-state index contributed by atoms with van der Waals surface area (Å²) in [5.74, 6) is 1.72. The molecule has 1 aliphatic rings. The number of anilines is 1. The van der Waals surface area contributed by atoms with E-state index < -0.39 is 0 Å². The standard InChI is InChI=1S/C16H17N5O/c17-9-14-4-1-5-20-16(14)21-8-2-3-13(11-21)12-22-15-10-18-6-7-19-15/h1,4-7,10,13H,2-3,8,11-12H2. The van der Waals surface area contributed by atoms with Gasteiger partial charge in [0.25, 0.3) is 0 Å². The molecule has 3 rings (SSSR count).